The van der Waals surface area contributed by atoms with Gasteiger partial charge in [-0.2, -0.15) is 0 Å². The Balaban J connectivity index is 1.38. The first-order chi connectivity index (χ1) is 21.3. The molecule has 45 heavy (non-hydrogen) atoms. The van der Waals surface area contributed by atoms with Crippen molar-refractivity contribution in [2.45, 2.75) is 12.6 Å². The van der Waals surface area contributed by atoms with Crippen LogP contribution < -0.4 is 38.3 Å². The molecular formula is C27H19FN8O8S. The molecule has 0 spiro atoms. The molecule has 2 heterocycles. The van der Waals surface area contributed by atoms with E-state index in [-0.39, 0.29) is 56.7 Å². The van der Waals surface area contributed by atoms with Crippen molar-refractivity contribution in [3.63, 3.8) is 0 Å². The molecule has 5 rings (SSSR count). The minimum Gasteiger partial charge on any atom is -0.478 e. The van der Waals surface area contributed by atoms with Gasteiger partial charge in [0.2, 0.25) is 5.91 Å². The number of nitrogens with one attached hydrogen (secondary N) is 3. The van der Waals surface area contributed by atoms with E-state index in [9.17, 15) is 33.2 Å². The molecule has 0 aliphatic heterocycles. The van der Waals surface area contributed by atoms with E-state index in [1.54, 1.807) is 0 Å². The summed E-state index contributed by atoms with van der Waals surface area (Å²) in [6.45, 7) is -0.176. The van der Waals surface area contributed by atoms with Crippen LogP contribution >= 0.6 is 12.2 Å². The van der Waals surface area contributed by atoms with E-state index < -0.39 is 46.4 Å². The quantitative estimate of drug-likeness (QED) is 0.0915. The average molecular weight is 635 g/mol. The van der Waals surface area contributed by atoms with Crippen LogP contribution in [-0.2, 0) is 11.3 Å². The Bertz CT molecular complexity index is 2170. The number of rotatable bonds is 10. The lowest BCUT2D eigenvalue weighted by Gasteiger charge is -2.17. The van der Waals surface area contributed by atoms with Gasteiger partial charge >= 0.3 is 10.8 Å². The van der Waals surface area contributed by atoms with Gasteiger partial charge in [-0.05, 0) is 58.8 Å². The van der Waals surface area contributed by atoms with Crippen LogP contribution in [-0.4, -0.2) is 43.3 Å². The van der Waals surface area contributed by atoms with Gasteiger partial charge in [-0.1, -0.05) is 18.2 Å². The molecule has 0 aliphatic rings. The monoisotopic (exact) mass is 634 g/mol. The number of nitrogens with two attached hydrogens (primary N) is 2. The number of aromatic nitrogens is 3. The highest BCUT2D eigenvalue weighted by Crippen LogP contribution is 2.23. The number of carbonyl (C=O) groups is 4. The number of nitrogen functional groups attached to an aromatic ring is 1. The predicted octanol–water partition coefficient (Wildman–Crippen LogP) is 0.697. The second-order valence-corrected chi connectivity index (χ2v) is 9.76. The second-order valence-electron chi connectivity index (χ2n) is 9.42. The molecule has 0 radical (unpaired) electrons. The fourth-order valence-corrected chi connectivity index (χ4v) is 4.42. The van der Waals surface area contributed by atoms with E-state index in [1.165, 1.54) is 36.4 Å². The van der Waals surface area contributed by atoms with E-state index >= 15 is 0 Å². The largest absolute Gasteiger partial charge is 0.478 e. The standard InChI is InChI=1S/C27H19FN8O8S/c28-13-6-1-10(7-14(13)32-19-17(29)20(37)21(19)38)9-31-23(40)15-8-16(36-26(33-15)35-44-27(36)45)24(41)34-18(22(30)39)11-2-4-12(5-3-11)25(42)43/h1-8,18,32H,9,29H2,(H2,30,39)(H,31,40)(H,34,41)(H,42,43)/t18-/m1/s1. The zero-order valence-electron chi connectivity index (χ0n) is 22.5. The van der Waals surface area contributed by atoms with Crippen LogP contribution in [0.3, 0.4) is 0 Å². The van der Waals surface area contributed by atoms with Crippen LogP contribution in [0.1, 0.15) is 48.5 Å². The van der Waals surface area contributed by atoms with Crippen molar-refractivity contribution in [3.05, 3.63) is 108 Å². The number of amides is 3. The molecule has 228 valence electrons. The van der Waals surface area contributed by atoms with E-state index in [1.807, 2.05) is 0 Å². The molecule has 8 N–H and O–H groups in total. The minimum absolute atomic E-state index is 0.0595. The summed E-state index contributed by atoms with van der Waals surface area (Å²) < 4.78 is 20.3. The van der Waals surface area contributed by atoms with E-state index in [4.69, 9.17) is 33.3 Å². The number of carboxylic acid groups (broad SMARTS) is 1. The number of nitrogens with zero attached hydrogens (tertiary/aromatic N) is 3. The van der Waals surface area contributed by atoms with Gasteiger partial charge < -0.3 is 37.0 Å². The highest BCUT2D eigenvalue weighted by atomic mass is 32.1. The number of carboxylic acids is 1. The van der Waals surface area contributed by atoms with Crippen LogP contribution in [0.15, 0.2) is 62.6 Å². The van der Waals surface area contributed by atoms with Gasteiger partial charge in [0, 0.05) is 6.54 Å². The molecule has 18 heteroatoms. The highest BCUT2D eigenvalue weighted by Gasteiger charge is 2.26. The SMILES string of the molecule is NC(=O)[C@H](NC(=O)c1cc(C(=O)NCc2ccc(F)c(Nc3c(N)c(=O)c3=O)c2)nc2noc(=S)n12)c1ccc(C(=O)O)cc1. The zero-order valence-corrected chi connectivity index (χ0v) is 23.3. The van der Waals surface area contributed by atoms with Gasteiger partial charge in [-0.15, -0.1) is 0 Å². The number of hydrogen-bond donors (Lipinski definition) is 6. The van der Waals surface area contributed by atoms with Crippen LogP contribution in [0.2, 0.25) is 0 Å². The van der Waals surface area contributed by atoms with Gasteiger partial charge in [0.25, 0.3) is 28.4 Å². The Morgan fingerprint density at radius 1 is 1.04 bits per heavy atom. The van der Waals surface area contributed by atoms with Crippen LogP contribution in [0.5, 0.6) is 0 Å². The molecule has 0 fully saturated rings. The lowest BCUT2D eigenvalue weighted by molar-refractivity contribution is -0.120. The van der Waals surface area contributed by atoms with E-state index in [0.29, 0.717) is 5.56 Å². The number of aromatic carboxylic acids is 1. The fraction of sp³-hybridized carbons (Fsp3) is 0.0741. The van der Waals surface area contributed by atoms with Crippen molar-refractivity contribution in [2.24, 2.45) is 5.73 Å². The number of fused-ring (bicyclic) bond motifs is 1. The van der Waals surface area contributed by atoms with Crippen molar-refractivity contribution >= 4 is 58.7 Å². The predicted molar refractivity (Wildman–Crippen MR) is 156 cm³/mol. The van der Waals surface area contributed by atoms with Gasteiger partial charge in [-0.25, -0.2) is 18.6 Å². The molecular weight excluding hydrogens is 615 g/mol. The van der Waals surface area contributed by atoms with Gasteiger partial charge in [-0.3, -0.25) is 24.0 Å². The van der Waals surface area contributed by atoms with E-state index in [2.05, 4.69) is 26.1 Å². The van der Waals surface area contributed by atoms with Gasteiger partial charge in [0.05, 0.1) is 11.3 Å². The van der Waals surface area contributed by atoms with Crippen molar-refractivity contribution < 1.29 is 33.2 Å². The fourth-order valence-electron chi connectivity index (χ4n) is 4.20. The third-order valence-corrected chi connectivity index (χ3v) is 6.79. The summed E-state index contributed by atoms with van der Waals surface area (Å²) in [6, 6.07) is 8.41. The molecule has 16 nitrogen and oxygen atoms in total. The first kappa shape index (κ1) is 30.2. The van der Waals surface area contributed by atoms with Gasteiger partial charge in [0.15, 0.2) is 0 Å². The Morgan fingerprint density at radius 3 is 2.40 bits per heavy atom. The number of benzene rings is 2. The summed E-state index contributed by atoms with van der Waals surface area (Å²) in [5.41, 5.74) is 8.33. The third kappa shape index (κ3) is 5.84. The third-order valence-electron chi connectivity index (χ3n) is 6.53. The Kier molecular flexibility index (Phi) is 7.89. The molecule has 1 atom stereocenters. The average Bonchev–Trinajstić information content (AvgIpc) is 3.41. The summed E-state index contributed by atoms with van der Waals surface area (Å²) in [4.78, 5) is 76.6. The maximum Gasteiger partial charge on any atom is 0.335 e. The normalized spacial score (nSPS) is 11.7. The Morgan fingerprint density at radius 2 is 1.76 bits per heavy atom. The van der Waals surface area contributed by atoms with Crippen molar-refractivity contribution in [2.75, 3.05) is 11.1 Å². The minimum atomic E-state index is -1.41. The number of hydrogen-bond acceptors (Lipinski definition) is 12. The first-order valence-electron chi connectivity index (χ1n) is 12.6. The highest BCUT2D eigenvalue weighted by molar-refractivity contribution is 7.71. The number of halogens is 1. The zero-order chi connectivity index (χ0) is 32.6. The summed E-state index contributed by atoms with van der Waals surface area (Å²) >= 11 is 5.08. The van der Waals surface area contributed by atoms with Crippen LogP contribution in [0.4, 0.5) is 21.5 Å². The molecule has 0 bridgehead atoms. The molecule has 0 unspecified atom stereocenters. The molecule has 0 saturated carbocycles. The lowest BCUT2D eigenvalue weighted by atomic mass is 10.0. The molecule has 0 saturated heterocycles. The smallest absolute Gasteiger partial charge is 0.335 e. The number of primary amides is 1. The number of anilines is 3. The Hall–Kier alpha value is -6.30. The molecule has 5 aromatic rings. The molecule has 3 aromatic carbocycles. The Labute approximate surface area is 254 Å². The van der Waals surface area contributed by atoms with Crippen LogP contribution in [0.25, 0.3) is 5.78 Å². The lowest BCUT2D eigenvalue weighted by Crippen LogP contribution is -2.38. The second kappa shape index (κ2) is 11.8. The summed E-state index contributed by atoms with van der Waals surface area (Å²) in [5, 5.41) is 20.2. The first-order valence-corrected chi connectivity index (χ1v) is 13.0. The number of carbonyl (C=O) groups excluding carboxylic acids is 3. The van der Waals surface area contributed by atoms with Crippen molar-refractivity contribution in [3.8, 4) is 0 Å². The van der Waals surface area contributed by atoms with Crippen molar-refractivity contribution in [1.82, 2.24) is 25.2 Å². The molecule has 3 amide bonds. The summed E-state index contributed by atoms with van der Waals surface area (Å²) in [7, 11) is 0. The van der Waals surface area contributed by atoms with Crippen molar-refractivity contribution in [1.29, 1.82) is 0 Å². The van der Waals surface area contributed by atoms with Gasteiger partial charge in [0.1, 0.15) is 34.6 Å². The molecule has 2 aromatic heterocycles. The topological polar surface area (TPSA) is 254 Å². The van der Waals surface area contributed by atoms with E-state index in [0.717, 1.165) is 16.5 Å². The summed E-state index contributed by atoms with van der Waals surface area (Å²) in [6.07, 6.45) is 0. The maximum absolute atomic E-state index is 14.3. The maximum atomic E-state index is 14.3. The molecule has 0 aliphatic carbocycles. The summed E-state index contributed by atoms with van der Waals surface area (Å²) in [5.74, 6) is -4.93. The van der Waals surface area contributed by atoms with Crippen LogP contribution in [0, 0.1) is 10.7 Å².